The number of thioether (sulfide) groups is 1. The van der Waals surface area contributed by atoms with Crippen molar-refractivity contribution in [2.45, 2.75) is 24.8 Å². The Morgan fingerprint density at radius 1 is 1.20 bits per heavy atom. The van der Waals surface area contributed by atoms with Gasteiger partial charge in [-0.3, -0.25) is 0 Å². The van der Waals surface area contributed by atoms with E-state index in [0.717, 1.165) is 22.4 Å². The summed E-state index contributed by atoms with van der Waals surface area (Å²) in [5, 5.41) is 20.8. The van der Waals surface area contributed by atoms with Crippen LogP contribution in [-0.2, 0) is 5.75 Å². The van der Waals surface area contributed by atoms with Gasteiger partial charge in [0.1, 0.15) is 0 Å². The number of aryl methyl sites for hydroxylation is 2. The van der Waals surface area contributed by atoms with E-state index in [1.54, 1.807) is 16.0 Å². The Bertz CT molecular complexity index is 972. The van der Waals surface area contributed by atoms with Crippen LogP contribution >= 0.6 is 23.1 Å². The van der Waals surface area contributed by atoms with Gasteiger partial charge >= 0.3 is 0 Å². The van der Waals surface area contributed by atoms with E-state index in [1.165, 1.54) is 11.8 Å². The second-order valence-electron chi connectivity index (χ2n) is 5.43. The third-order valence-electron chi connectivity index (χ3n) is 3.66. The van der Waals surface area contributed by atoms with Crippen LogP contribution in [0, 0.1) is 13.8 Å². The lowest BCUT2D eigenvalue weighted by Crippen LogP contribution is -2.04. The Hall–Kier alpha value is -2.52. The largest absolute Gasteiger partial charge is 0.338 e. The van der Waals surface area contributed by atoms with Crippen molar-refractivity contribution in [3.05, 3.63) is 52.0 Å². The molecule has 7 nitrogen and oxygen atoms in total. The van der Waals surface area contributed by atoms with Gasteiger partial charge < -0.3 is 4.52 Å². The monoisotopic (exact) mass is 370 g/mol. The summed E-state index contributed by atoms with van der Waals surface area (Å²) in [5.41, 5.74) is 4.20. The highest BCUT2D eigenvalue weighted by molar-refractivity contribution is 7.98. The molecule has 0 unspecified atom stereocenters. The predicted molar refractivity (Wildman–Crippen MR) is 95.8 cm³/mol. The highest BCUT2D eigenvalue weighted by Gasteiger charge is 2.15. The molecule has 0 aliphatic carbocycles. The molecular weight excluding hydrogens is 356 g/mol. The van der Waals surface area contributed by atoms with Crippen molar-refractivity contribution in [2.75, 3.05) is 0 Å². The Labute approximate surface area is 152 Å². The third-order valence-corrected chi connectivity index (χ3v) is 5.25. The number of hydrogen-bond acceptors (Lipinski definition) is 8. The summed E-state index contributed by atoms with van der Waals surface area (Å²) < 4.78 is 7.08. The molecule has 0 fully saturated rings. The highest BCUT2D eigenvalue weighted by atomic mass is 32.2. The van der Waals surface area contributed by atoms with E-state index in [1.807, 2.05) is 48.9 Å². The molecule has 4 rings (SSSR count). The van der Waals surface area contributed by atoms with Gasteiger partial charge in [0.2, 0.25) is 16.9 Å². The van der Waals surface area contributed by atoms with E-state index in [9.17, 15) is 0 Å². The molecule has 25 heavy (non-hydrogen) atoms. The molecule has 0 aliphatic rings. The van der Waals surface area contributed by atoms with Crippen LogP contribution in [0.1, 0.15) is 17.0 Å². The number of para-hydroxylation sites is 1. The van der Waals surface area contributed by atoms with Crippen molar-refractivity contribution in [1.29, 1.82) is 0 Å². The maximum atomic E-state index is 5.32. The number of nitrogens with zero attached hydrogens (tertiary/aromatic N) is 6. The molecule has 0 radical (unpaired) electrons. The topological polar surface area (TPSA) is 82.5 Å². The first-order valence-electron chi connectivity index (χ1n) is 7.55. The average Bonchev–Trinajstić information content (AvgIpc) is 3.34. The molecule has 3 heterocycles. The lowest BCUT2D eigenvalue weighted by Gasteiger charge is -2.09. The zero-order chi connectivity index (χ0) is 17.2. The number of hydrogen-bond donors (Lipinski definition) is 0. The van der Waals surface area contributed by atoms with Gasteiger partial charge in [0.05, 0.1) is 11.4 Å². The Balaban J connectivity index is 1.54. The first kappa shape index (κ1) is 16.0. The van der Waals surface area contributed by atoms with E-state index >= 15 is 0 Å². The van der Waals surface area contributed by atoms with Crippen LogP contribution in [0.3, 0.4) is 0 Å². The number of tetrazole rings is 1. The Morgan fingerprint density at radius 3 is 2.80 bits per heavy atom. The molecule has 9 heteroatoms. The van der Waals surface area contributed by atoms with Crippen LogP contribution in [0.5, 0.6) is 0 Å². The third kappa shape index (κ3) is 3.20. The fraction of sp³-hybridized carbons (Fsp3) is 0.188. The van der Waals surface area contributed by atoms with Crippen LogP contribution in [0.2, 0.25) is 0 Å². The first-order valence-corrected chi connectivity index (χ1v) is 9.48. The highest BCUT2D eigenvalue weighted by Crippen LogP contribution is 2.26. The van der Waals surface area contributed by atoms with Crippen molar-refractivity contribution < 1.29 is 4.52 Å². The van der Waals surface area contributed by atoms with Gasteiger partial charge in [-0.05, 0) is 46.8 Å². The van der Waals surface area contributed by atoms with Crippen LogP contribution in [0.4, 0.5) is 0 Å². The van der Waals surface area contributed by atoms with Gasteiger partial charge in [-0.25, -0.2) is 0 Å². The van der Waals surface area contributed by atoms with Gasteiger partial charge in [-0.2, -0.15) is 21.0 Å². The number of thiophene rings is 1. The van der Waals surface area contributed by atoms with Gasteiger partial charge in [0, 0.05) is 10.9 Å². The van der Waals surface area contributed by atoms with Crippen LogP contribution in [0.25, 0.3) is 17.1 Å². The van der Waals surface area contributed by atoms with E-state index in [-0.39, 0.29) is 0 Å². The van der Waals surface area contributed by atoms with E-state index in [4.69, 9.17) is 4.52 Å². The fourth-order valence-corrected chi connectivity index (χ4v) is 3.85. The second-order valence-corrected chi connectivity index (χ2v) is 7.15. The van der Waals surface area contributed by atoms with Crippen molar-refractivity contribution in [1.82, 2.24) is 30.3 Å². The van der Waals surface area contributed by atoms with E-state index in [0.29, 0.717) is 22.6 Å². The fourth-order valence-electron chi connectivity index (χ4n) is 2.50. The molecule has 0 bridgehead atoms. The Morgan fingerprint density at radius 2 is 2.04 bits per heavy atom. The minimum atomic E-state index is 0.502. The van der Waals surface area contributed by atoms with Gasteiger partial charge in [-0.15, -0.1) is 5.10 Å². The molecule has 4 aromatic rings. The maximum Gasteiger partial charge on any atom is 0.237 e. The molecule has 0 saturated carbocycles. The summed E-state index contributed by atoms with van der Waals surface area (Å²) in [6.07, 6.45) is 0. The van der Waals surface area contributed by atoms with Crippen molar-refractivity contribution in [2.24, 2.45) is 0 Å². The average molecular weight is 370 g/mol. The van der Waals surface area contributed by atoms with Gasteiger partial charge in [-0.1, -0.05) is 35.1 Å². The van der Waals surface area contributed by atoms with Crippen molar-refractivity contribution >= 4 is 23.1 Å². The van der Waals surface area contributed by atoms with Crippen LogP contribution < -0.4 is 0 Å². The van der Waals surface area contributed by atoms with Crippen molar-refractivity contribution in [3.8, 4) is 17.1 Å². The summed E-state index contributed by atoms with van der Waals surface area (Å²) in [6, 6.07) is 8.08. The summed E-state index contributed by atoms with van der Waals surface area (Å²) in [6.45, 7) is 4.09. The smallest absolute Gasteiger partial charge is 0.237 e. The SMILES string of the molecule is Cc1cccc(C)c1-n1nnnc1SCc1nc(-c2ccsc2)no1. The van der Waals surface area contributed by atoms with Crippen LogP contribution in [-0.4, -0.2) is 30.3 Å². The molecule has 0 spiro atoms. The molecule has 0 saturated heterocycles. The maximum absolute atomic E-state index is 5.32. The first-order chi connectivity index (χ1) is 12.2. The molecule has 0 atom stereocenters. The minimum absolute atomic E-state index is 0.502. The zero-order valence-corrected chi connectivity index (χ0v) is 15.2. The normalized spacial score (nSPS) is 11.1. The van der Waals surface area contributed by atoms with E-state index in [2.05, 4.69) is 25.7 Å². The number of rotatable bonds is 5. The standard InChI is InChI=1S/C16H14N6OS2/c1-10-4-3-5-11(2)14(10)22-16(18-20-21-22)25-9-13-17-15(19-23-13)12-6-7-24-8-12/h3-8H,9H2,1-2H3. The summed E-state index contributed by atoms with van der Waals surface area (Å²) in [5.74, 6) is 1.65. The minimum Gasteiger partial charge on any atom is -0.338 e. The molecule has 0 N–H and O–H groups in total. The Kier molecular flexibility index (Phi) is 4.33. The predicted octanol–water partition coefficient (Wildman–Crippen LogP) is 3.68. The molecule has 126 valence electrons. The quantitative estimate of drug-likeness (QED) is 0.496. The second kappa shape index (κ2) is 6.77. The number of aromatic nitrogens is 6. The van der Waals surface area contributed by atoms with E-state index < -0.39 is 0 Å². The van der Waals surface area contributed by atoms with Gasteiger partial charge in [0.15, 0.2) is 0 Å². The summed E-state index contributed by atoms with van der Waals surface area (Å²) in [7, 11) is 0. The summed E-state index contributed by atoms with van der Waals surface area (Å²) >= 11 is 3.06. The zero-order valence-electron chi connectivity index (χ0n) is 13.6. The molecule has 0 aliphatic heterocycles. The molecule has 0 amide bonds. The lowest BCUT2D eigenvalue weighted by molar-refractivity contribution is 0.391. The molecular formula is C16H14N6OS2. The molecule has 1 aromatic carbocycles. The molecule has 3 aromatic heterocycles. The number of benzene rings is 1. The lowest BCUT2D eigenvalue weighted by atomic mass is 10.1. The van der Waals surface area contributed by atoms with Crippen molar-refractivity contribution in [3.63, 3.8) is 0 Å². The van der Waals surface area contributed by atoms with Gasteiger partial charge in [0.25, 0.3) is 0 Å². The van der Waals surface area contributed by atoms with Crippen LogP contribution in [0.15, 0.2) is 44.7 Å². The summed E-state index contributed by atoms with van der Waals surface area (Å²) in [4.78, 5) is 4.42.